The van der Waals surface area contributed by atoms with Crippen LogP contribution in [0.4, 0.5) is 5.13 Å². The molecule has 3 aliphatic heterocycles. The van der Waals surface area contributed by atoms with Crippen molar-refractivity contribution >= 4 is 75.4 Å². The molecule has 0 unspecified atom stereocenters. The monoisotopic (exact) mass is 555 g/mol. The van der Waals surface area contributed by atoms with Gasteiger partial charge in [0.25, 0.3) is 11.8 Å². The summed E-state index contributed by atoms with van der Waals surface area (Å²) in [5.74, 6) is -4.05. The van der Waals surface area contributed by atoms with E-state index in [1.807, 2.05) is 0 Å². The summed E-state index contributed by atoms with van der Waals surface area (Å²) in [7, 11) is 0. The molecule has 0 bridgehead atoms. The van der Waals surface area contributed by atoms with E-state index in [-0.39, 0.29) is 40.3 Å². The minimum Gasteiger partial charge on any atom is -0.479 e. The Bertz CT molecular complexity index is 1240. The van der Waals surface area contributed by atoms with Gasteiger partial charge < -0.3 is 30.8 Å². The molecule has 14 nitrogen and oxygen atoms in total. The number of carboxylic acid groups (broad SMARTS) is 2. The highest BCUT2D eigenvalue weighted by molar-refractivity contribution is 8.03. The van der Waals surface area contributed by atoms with Crippen LogP contribution in [0.3, 0.4) is 0 Å². The molecular formula is C19H17N5O9S3. The molecule has 3 aliphatic rings. The first-order chi connectivity index (χ1) is 17.2. The van der Waals surface area contributed by atoms with Crippen LogP contribution in [0.2, 0.25) is 0 Å². The Morgan fingerprint density at radius 1 is 1.36 bits per heavy atom. The number of hydrogen-bond donors (Lipinski definition) is 4. The van der Waals surface area contributed by atoms with Crippen molar-refractivity contribution in [2.45, 2.75) is 11.4 Å². The smallest absolute Gasteiger partial charge is 0.352 e. The third kappa shape index (κ3) is 5.31. The van der Waals surface area contributed by atoms with Crippen LogP contribution in [0.15, 0.2) is 32.8 Å². The molecule has 4 rings (SSSR count). The van der Waals surface area contributed by atoms with Gasteiger partial charge >= 0.3 is 17.9 Å². The van der Waals surface area contributed by atoms with E-state index >= 15 is 0 Å². The number of cyclic esters (lactones) is 1. The van der Waals surface area contributed by atoms with E-state index in [9.17, 15) is 29.1 Å². The molecule has 17 heteroatoms. The number of carbonyl (C=O) groups is 5. The molecule has 190 valence electrons. The molecule has 1 aromatic rings. The van der Waals surface area contributed by atoms with E-state index in [1.165, 1.54) is 35.0 Å². The third-order valence-electron chi connectivity index (χ3n) is 4.93. The zero-order valence-corrected chi connectivity index (χ0v) is 20.5. The second-order valence-corrected chi connectivity index (χ2v) is 10.4. The van der Waals surface area contributed by atoms with Gasteiger partial charge in [-0.3, -0.25) is 14.5 Å². The summed E-state index contributed by atoms with van der Waals surface area (Å²) in [5.41, 5.74) is 5.57. The fourth-order valence-electron chi connectivity index (χ4n) is 3.38. The maximum atomic E-state index is 12.9. The second-order valence-electron chi connectivity index (χ2n) is 7.30. The highest BCUT2D eigenvalue weighted by Crippen LogP contribution is 2.41. The first-order valence-corrected chi connectivity index (χ1v) is 12.9. The van der Waals surface area contributed by atoms with Crippen LogP contribution in [0.5, 0.6) is 0 Å². The molecule has 1 fully saturated rings. The van der Waals surface area contributed by atoms with Crippen LogP contribution >= 0.6 is 34.9 Å². The number of aromatic nitrogens is 1. The summed E-state index contributed by atoms with van der Waals surface area (Å²) in [5, 5.41) is 25.4. The van der Waals surface area contributed by atoms with Crippen molar-refractivity contribution in [2.24, 2.45) is 5.16 Å². The van der Waals surface area contributed by atoms with Gasteiger partial charge in [-0.15, -0.1) is 34.9 Å². The summed E-state index contributed by atoms with van der Waals surface area (Å²) in [6.45, 7) is -0.688. The van der Waals surface area contributed by atoms with E-state index in [0.29, 0.717) is 10.5 Å². The predicted octanol–water partition coefficient (Wildman–Crippen LogP) is -0.557. The van der Waals surface area contributed by atoms with Crippen LogP contribution < -0.4 is 11.1 Å². The number of aliphatic carboxylic acids is 2. The lowest BCUT2D eigenvalue weighted by atomic mass is 10.0. The number of esters is 1. The fraction of sp³-hybridized carbons (Fsp3) is 0.316. The molecule has 4 heterocycles. The number of nitrogen functional groups attached to an aromatic ring is 1. The molecule has 0 saturated carbocycles. The Labute approximate surface area is 214 Å². The van der Waals surface area contributed by atoms with E-state index in [2.05, 4.69) is 20.3 Å². The van der Waals surface area contributed by atoms with Gasteiger partial charge in [0.15, 0.2) is 10.8 Å². The number of nitrogens with two attached hydrogens (primary N) is 1. The standard InChI is InChI=1S/C19H17N5O9S3/c20-19-21-9(6-36-19)12(23-33-3-10(25)26)15(28)22-13-16(29)24-14(18(30)31)7(5-35-17(13)24)4-34-8-1-11(27)32-2-8/h1,6,13,17H,2-5H2,(H2,20,21)(H,22,28)(H,25,26)(H,30,31)/t13-,17+/m1/s1. The van der Waals surface area contributed by atoms with Gasteiger partial charge in [-0.1, -0.05) is 5.16 Å². The number of β-lactam (4-membered cyclic amide) rings is 1. The summed E-state index contributed by atoms with van der Waals surface area (Å²) in [6.07, 6.45) is 1.33. The van der Waals surface area contributed by atoms with Crippen LogP contribution in [0.1, 0.15) is 5.69 Å². The van der Waals surface area contributed by atoms with Gasteiger partial charge in [0.05, 0.1) is 0 Å². The molecule has 2 amide bonds. The Balaban J connectivity index is 1.48. The number of nitrogens with one attached hydrogen (secondary N) is 1. The van der Waals surface area contributed by atoms with Crippen LogP contribution in [-0.4, -0.2) is 91.7 Å². The van der Waals surface area contributed by atoms with Crippen molar-refractivity contribution in [1.29, 1.82) is 0 Å². The Morgan fingerprint density at radius 2 is 2.14 bits per heavy atom. The predicted molar refractivity (Wildman–Crippen MR) is 128 cm³/mol. The van der Waals surface area contributed by atoms with Crippen molar-refractivity contribution in [3.8, 4) is 0 Å². The van der Waals surface area contributed by atoms with Gasteiger partial charge in [0.1, 0.15) is 29.4 Å². The average molecular weight is 556 g/mol. The zero-order valence-electron chi connectivity index (χ0n) is 18.0. The molecule has 0 spiro atoms. The first kappa shape index (κ1) is 25.5. The van der Waals surface area contributed by atoms with Gasteiger partial charge in [0.2, 0.25) is 6.61 Å². The topological polar surface area (TPSA) is 211 Å². The number of thioether (sulfide) groups is 2. The molecular weight excluding hydrogens is 538 g/mol. The maximum Gasteiger partial charge on any atom is 0.352 e. The number of ether oxygens (including phenoxy) is 1. The SMILES string of the molecule is Nc1nc(C(=NOCC(=O)O)C(=O)N[C@@H]2C(=O)N3C(C(=O)O)=C(CSC4=CC(=O)OC4)CS[C@@H]23)cs1. The largest absolute Gasteiger partial charge is 0.479 e. The fourth-order valence-corrected chi connectivity index (χ4v) is 6.32. The summed E-state index contributed by atoms with van der Waals surface area (Å²) >= 11 is 3.54. The molecule has 36 heavy (non-hydrogen) atoms. The minimum absolute atomic E-state index is 0.0226. The number of nitrogens with zero attached hydrogens (tertiary/aromatic N) is 3. The Morgan fingerprint density at radius 3 is 2.75 bits per heavy atom. The van der Waals surface area contributed by atoms with Crippen LogP contribution in [0.25, 0.3) is 0 Å². The van der Waals surface area contributed by atoms with Crippen molar-refractivity contribution in [1.82, 2.24) is 15.2 Å². The lowest BCUT2D eigenvalue weighted by molar-refractivity contribution is -0.150. The number of oxime groups is 1. The average Bonchev–Trinajstić information content (AvgIpc) is 3.45. The molecule has 1 aromatic heterocycles. The van der Waals surface area contributed by atoms with Crippen molar-refractivity contribution in [3.63, 3.8) is 0 Å². The second kappa shape index (κ2) is 10.6. The van der Waals surface area contributed by atoms with Gasteiger partial charge in [-0.2, -0.15) is 0 Å². The number of rotatable bonds is 10. The Hall–Kier alpha value is -3.57. The highest BCUT2D eigenvalue weighted by Gasteiger charge is 2.54. The molecule has 0 aromatic carbocycles. The maximum absolute atomic E-state index is 12.9. The number of thiazole rings is 1. The van der Waals surface area contributed by atoms with Gasteiger partial charge in [0, 0.05) is 27.9 Å². The van der Waals surface area contributed by atoms with Gasteiger partial charge in [-0.05, 0) is 5.57 Å². The molecule has 5 N–H and O–H groups in total. The quantitative estimate of drug-likeness (QED) is 0.124. The first-order valence-electron chi connectivity index (χ1n) is 9.99. The van der Waals surface area contributed by atoms with Crippen LogP contribution in [0, 0.1) is 0 Å². The summed E-state index contributed by atoms with van der Waals surface area (Å²) in [4.78, 5) is 70.1. The van der Waals surface area contributed by atoms with E-state index in [1.54, 1.807) is 0 Å². The van der Waals surface area contributed by atoms with E-state index in [4.69, 9.17) is 15.6 Å². The lowest BCUT2D eigenvalue weighted by Crippen LogP contribution is -2.71. The number of carboxylic acids is 2. The number of fused-ring (bicyclic) bond motifs is 1. The van der Waals surface area contributed by atoms with Crippen molar-refractivity contribution in [3.05, 3.63) is 33.3 Å². The number of hydrogen-bond acceptors (Lipinski definition) is 13. The van der Waals surface area contributed by atoms with Crippen molar-refractivity contribution in [2.75, 3.05) is 30.5 Å². The van der Waals surface area contributed by atoms with Crippen molar-refractivity contribution < 1.29 is 43.8 Å². The van der Waals surface area contributed by atoms with E-state index in [0.717, 1.165) is 16.2 Å². The molecule has 2 atom stereocenters. The molecule has 0 aliphatic carbocycles. The number of anilines is 1. The highest BCUT2D eigenvalue weighted by atomic mass is 32.2. The Kier molecular flexibility index (Phi) is 7.51. The molecule has 0 radical (unpaired) electrons. The summed E-state index contributed by atoms with van der Waals surface area (Å²) in [6, 6.07) is -1.06. The van der Waals surface area contributed by atoms with E-state index < -0.39 is 47.7 Å². The van der Waals surface area contributed by atoms with Gasteiger partial charge in [-0.25, -0.2) is 19.4 Å². The lowest BCUT2D eigenvalue weighted by Gasteiger charge is -2.49. The van der Waals surface area contributed by atoms with Crippen LogP contribution in [-0.2, 0) is 33.5 Å². The normalized spacial score (nSPS) is 21.4. The number of amides is 2. The zero-order chi connectivity index (χ0) is 26.0. The summed E-state index contributed by atoms with van der Waals surface area (Å²) < 4.78 is 4.83. The minimum atomic E-state index is -1.31. The third-order valence-corrected chi connectivity index (χ3v) is 8.04. The molecule has 1 saturated heterocycles. The number of carbonyl (C=O) groups excluding carboxylic acids is 3.